The Morgan fingerprint density at radius 3 is 2.68 bits per heavy atom. The van der Waals surface area contributed by atoms with E-state index in [0.717, 1.165) is 23.4 Å². The van der Waals surface area contributed by atoms with Gasteiger partial charge in [0.05, 0.1) is 13.7 Å². The van der Waals surface area contributed by atoms with Gasteiger partial charge in [-0.15, -0.1) is 0 Å². The number of anilines is 1. The predicted molar refractivity (Wildman–Crippen MR) is 84.5 cm³/mol. The Balaban J connectivity index is 1.81. The lowest BCUT2D eigenvalue weighted by molar-refractivity contribution is -0.131. The van der Waals surface area contributed by atoms with Crippen LogP contribution >= 0.6 is 0 Å². The van der Waals surface area contributed by atoms with E-state index in [0.29, 0.717) is 13.0 Å². The van der Waals surface area contributed by atoms with Gasteiger partial charge in [-0.05, 0) is 29.3 Å². The average molecular weight is 294 g/mol. The third-order valence-corrected chi connectivity index (χ3v) is 4.72. The first-order chi connectivity index (χ1) is 10.7. The summed E-state index contributed by atoms with van der Waals surface area (Å²) >= 11 is 0. The van der Waals surface area contributed by atoms with Crippen molar-refractivity contribution in [1.29, 1.82) is 0 Å². The summed E-state index contributed by atoms with van der Waals surface area (Å²) in [6.07, 6.45) is 1.36. The molecule has 1 amide bonds. The van der Waals surface area contributed by atoms with Gasteiger partial charge in [0.1, 0.15) is 11.4 Å². The third kappa shape index (κ3) is 1.80. The molecule has 0 spiro atoms. The quantitative estimate of drug-likeness (QED) is 0.925. The van der Waals surface area contributed by atoms with Crippen molar-refractivity contribution in [2.75, 3.05) is 12.4 Å². The minimum absolute atomic E-state index is 0.206. The third-order valence-electron chi connectivity index (χ3n) is 4.72. The van der Waals surface area contributed by atoms with E-state index in [4.69, 9.17) is 4.74 Å². The molecule has 0 aliphatic carbocycles. The highest BCUT2D eigenvalue weighted by Crippen LogP contribution is 2.45. The monoisotopic (exact) mass is 294 g/mol. The molecular weight excluding hydrogens is 276 g/mol. The van der Waals surface area contributed by atoms with Crippen LogP contribution in [0, 0.1) is 0 Å². The number of nitrogens with zero attached hydrogens (tertiary/aromatic N) is 1. The number of hydrogen-bond donors (Lipinski definition) is 1. The molecule has 2 aliphatic heterocycles. The molecule has 0 unspecified atom stereocenters. The molecule has 1 atom stereocenters. The molecular formula is C18H18N2O2. The molecule has 1 fully saturated rings. The van der Waals surface area contributed by atoms with E-state index in [-0.39, 0.29) is 5.91 Å². The van der Waals surface area contributed by atoms with Crippen molar-refractivity contribution in [1.82, 2.24) is 4.90 Å². The van der Waals surface area contributed by atoms with Crippen molar-refractivity contribution in [2.45, 2.75) is 25.0 Å². The second-order valence-corrected chi connectivity index (χ2v) is 5.85. The van der Waals surface area contributed by atoms with Gasteiger partial charge in [0.15, 0.2) is 0 Å². The zero-order valence-corrected chi connectivity index (χ0v) is 12.5. The molecule has 0 bridgehead atoms. The van der Waals surface area contributed by atoms with Crippen LogP contribution in [0.15, 0.2) is 48.5 Å². The molecule has 112 valence electrons. The lowest BCUT2D eigenvalue weighted by atomic mass is 9.92. The first-order valence-electron chi connectivity index (χ1n) is 7.54. The Labute approximate surface area is 129 Å². The van der Waals surface area contributed by atoms with Gasteiger partial charge in [-0.2, -0.15) is 0 Å². The number of ether oxygens (including phenoxy) is 1. The van der Waals surface area contributed by atoms with E-state index < -0.39 is 5.66 Å². The number of methoxy groups -OCH3 is 1. The maximum atomic E-state index is 12.4. The summed E-state index contributed by atoms with van der Waals surface area (Å²) in [7, 11) is 1.66. The van der Waals surface area contributed by atoms with Gasteiger partial charge in [0, 0.05) is 18.5 Å². The average Bonchev–Trinajstić information content (AvgIpc) is 2.90. The molecule has 2 aromatic rings. The maximum Gasteiger partial charge on any atom is 0.225 e. The van der Waals surface area contributed by atoms with Crippen molar-refractivity contribution >= 4 is 11.6 Å². The molecule has 0 saturated carbocycles. The van der Waals surface area contributed by atoms with E-state index >= 15 is 0 Å². The Morgan fingerprint density at radius 1 is 1.14 bits per heavy atom. The molecule has 0 radical (unpaired) electrons. The van der Waals surface area contributed by atoms with Crippen molar-refractivity contribution in [3.63, 3.8) is 0 Å². The van der Waals surface area contributed by atoms with Gasteiger partial charge in [0.25, 0.3) is 0 Å². The Kier molecular flexibility index (Phi) is 2.86. The highest BCUT2D eigenvalue weighted by atomic mass is 16.5. The highest BCUT2D eigenvalue weighted by molar-refractivity contribution is 5.82. The summed E-state index contributed by atoms with van der Waals surface area (Å²) in [4.78, 5) is 14.4. The summed E-state index contributed by atoms with van der Waals surface area (Å²) in [6.45, 7) is 0.661. The summed E-state index contributed by atoms with van der Waals surface area (Å²) in [5.74, 6) is 1.03. The van der Waals surface area contributed by atoms with Crippen LogP contribution < -0.4 is 10.1 Å². The highest BCUT2D eigenvalue weighted by Gasteiger charge is 2.49. The number of carbonyl (C=O) groups excluding carboxylic acids is 1. The SMILES string of the molecule is COc1ccc([C@]23CCC(=O)N2Cc2ccccc2N3)cc1. The summed E-state index contributed by atoms with van der Waals surface area (Å²) < 4.78 is 5.24. The van der Waals surface area contributed by atoms with Crippen LogP contribution in [-0.4, -0.2) is 17.9 Å². The van der Waals surface area contributed by atoms with Gasteiger partial charge in [-0.1, -0.05) is 30.3 Å². The van der Waals surface area contributed by atoms with E-state index in [1.54, 1.807) is 7.11 Å². The normalized spacial score (nSPS) is 22.8. The largest absolute Gasteiger partial charge is 0.497 e. The molecule has 1 saturated heterocycles. The minimum atomic E-state index is -0.433. The number of benzene rings is 2. The van der Waals surface area contributed by atoms with Gasteiger partial charge < -0.3 is 15.0 Å². The van der Waals surface area contributed by atoms with Gasteiger partial charge in [-0.25, -0.2) is 0 Å². The molecule has 4 rings (SSSR count). The lowest BCUT2D eigenvalue weighted by Crippen LogP contribution is -2.51. The first-order valence-corrected chi connectivity index (χ1v) is 7.54. The van der Waals surface area contributed by atoms with Crippen LogP contribution in [0.5, 0.6) is 5.75 Å². The Hall–Kier alpha value is -2.49. The van der Waals surface area contributed by atoms with Crippen LogP contribution in [0.1, 0.15) is 24.0 Å². The number of para-hydroxylation sites is 1. The lowest BCUT2D eigenvalue weighted by Gasteiger charge is -2.44. The molecule has 2 aromatic carbocycles. The van der Waals surface area contributed by atoms with Crippen LogP contribution in [0.25, 0.3) is 0 Å². The van der Waals surface area contributed by atoms with E-state index in [1.165, 1.54) is 5.56 Å². The Bertz CT molecular complexity index is 726. The van der Waals surface area contributed by atoms with E-state index in [1.807, 2.05) is 41.3 Å². The molecule has 0 aromatic heterocycles. The van der Waals surface area contributed by atoms with Crippen molar-refractivity contribution < 1.29 is 9.53 Å². The molecule has 2 heterocycles. The number of carbonyl (C=O) groups is 1. The molecule has 1 N–H and O–H groups in total. The first kappa shape index (κ1) is 13.2. The fourth-order valence-electron chi connectivity index (χ4n) is 3.54. The zero-order valence-electron chi connectivity index (χ0n) is 12.5. The molecule has 4 heteroatoms. The van der Waals surface area contributed by atoms with Crippen molar-refractivity contribution in [3.05, 3.63) is 59.7 Å². The van der Waals surface area contributed by atoms with Crippen molar-refractivity contribution in [3.8, 4) is 5.75 Å². The standard InChI is InChI=1S/C18H18N2O2/c1-22-15-8-6-14(7-9-15)18-11-10-17(21)20(18)12-13-4-2-3-5-16(13)19-18/h2-9,19H,10-12H2,1H3/t18-/m0/s1. The number of rotatable bonds is 2. The summed E-state index contributed by atoms with van der Waals surface area (Å²) in [6, 6.07) is 16.2. The van der Waals surface area contributed by atoms with Crippen LogP contribution in [0.2, 0.25) is 0 Å². The number of amides is 1. The Morgan fingerprint density at radius 2 is 1.91 bits per heavy atom. The van der Waals surface area contributed by atoms with Crippen LogP contribution in [-0.2, 0) is 17.0 Å². The minimum Gasteiger partial charge on any atom is -0.497 e. The molecule has 22 heavy (non-hydrogen) atoms. The fraction of sp³-hybridized carbons (Fsp3) is 0.278. The van der Waals surface area contributed by atoms with Crippen LogP contribution in [0.4, 0.5) is 5.69 Å². The second kappa shape index (κ2) is 4.77. The van der Waals surface area contributed by atoms with Crippen LogP contribution in [0.3, 0.4) is 0 Å². The predicted octanol–water partition coefficient (Wildman–Crippen LogP) is 3.10. The van der Waals surface area contributed by atoms with E-state index in [9.17, 15) is 4.79 Å². The van der Waals surface area contributed by atoms with Gasteiger partial charge in [-0.3, -0.25) is 4.79 Å². The molecule has 4 nitrogen and oxygen atoms in total. The zero-order chi connectivity index (χ0) is 15.2. The summed E-state index contributed by atoms with van der Waals surface area (Å²) in [5, 5.41) is 3.62. The smallest absolute Gasteiger partial charge is 0.225 e. The number of hydrogen-bond acceptors (Lipinski definition) is 3. The maximum absolute atomic E-state index is 12.4. The fourth-order valence-corrected chi connectivity index (χ4v) is 3.54. The topological polar surface area (TPSA) is 41.6 Å². The number of nitrogens with one attached hydrogen (secondary N) is 1. The van der Waals surface area contributed by atoms with Gasteiger partial charge >= 0.3 is 0 Å². The summed E-state index contributed by atoms with van der Waals surface area (Å²) in [5.41, 5.74) is 2.96. The number of fused-ring (bicyclic) bond motifs is 2. The second-order valence-electron chi connectivity index (χ2n) is 5.85. The molecule has 2 aliphatic rings. The van der Waals surface area contributed by atoms with Gasteiger partial charge in [0.2, 0.25) is 5.91 Å². The van der Waals surface area contributed by atoms with Crippen molar-refractivity contribution in [2.24, 2.45) is 0 Å². The van der Waals surface area contributed by atoms with E-state index in [2.05, 4.69) is 17.4 Å².